The number of ketones is 1. The molecule has 0 atom stereocenters. The average Bonchev–Trinajstić information content (AvgIpc) is 2.62. The van der Waals surface area contributed by atoms with Crippen LogP contribution in [0.5, 0.6) is 11.5 Å². The highest BCUT2D eigenvalue weighted by Gasteiger charge is 2.20. The molecule has 6 heteroatoms. The van der Waals surface area contributed by atoms with Gasteiger partial charge in [-0.05, 0) is 67.3 Å². The Morgan fingerprint density at radius 3 is 2.16 bits per heavy atom. The summed E-state index contributed by atoms with van der Waals surface area (Å²) < 4.78 is 13.3. The van der Waals surface area contributed by atoms with Crippen molar-refractivity contribution in [1.29, 1.82) is 0 Å². The summed E-state index contributed by atoms with van der Waals surface area (Å²) in [6.07, 6.45) is 0. The number of amides is 1. The van der Waals surface area contributed by atoms with E-state index < -0.39 is 0 Å². The lowest BCUT2D eigenvalue weighted by molar-refractivity contribution is -0.117. The summed E-state index contributed by atoms with van der Waals surface area (Å²) >= 11 is 1.19. The number of benzene rings is 2. The van der Waals surface area contributed by atoms with Gasteiger partial charge in [0.2, 0.25) is 5.91 Å². The van der Waals surface area contributed by atoms with Crippen LogP contribution in [-0.2, 0) is 4.79 Å². The molecule has 0 saturated heterocycles. The number of hydrogen-bond acceptors (Lipinski definition) is 5. The highest BCUT2D eigenvalue weighted by Crippen LogP contribution is 2.34. The number of ether oxygens (including phenoxy) is 2. The van der Waals surface area contributed by atoms with Crippen LogP contribution in [0.25, 0.3) is 0 Å². The first-order chi connectivity index (χ1) is 11.9. The molecule has 0 aliphatic carbocycles. The number of hydrogen-bond donors (Lipinski definition) is 1. The van der Waals surface area contributed by atoms with Gasteiger partial charge in [-0.15, -0.1) is 0 Å². The summed E-state index contributed by atoms with van der Waals surface area (Å²) in [7, 11) is 3.13. The normalized spacial score (nSPS) is 10.3. The van der Waals surface area contributed by atoms with E-state index in [0.29, 0.717) is 22.6 Å². The summed E-state index contributed by atoms with van der Waals surface area (Å²) in [5, 5.41) is 0. The molecule has 1 N–H and O–H groups in total. The molecule has 0 aliphatic rings. The molecular formula is C19H21NO4S. The Morgan fingerprint density at radius 1 is 1.00 bits per heavy atom. The van der Waals surface area contributed by atoms with Gasteiger partial charge in [-0.1, -0.05) is 0 Å². The minimum Gasteiger partial charge on any atom is -0.497 e. The quantitative estimate of drug-likeness (QED) is 0.629. The first-order valence-electron chi connectivity index (χ1n) is 7.69. The molecule has 0 aromatic heterocycles. The molecule has 1 amide bonds. The standard InChI is InChI=1S/C19H21NO4S/c1-11-12(2)19(24-5)16(10-17(11)25-20-13(3)21)18(22)14-6-8-15(23-4)9-7-14/h6-10H,1-5H3,(H,20,21). The molecule has 5 nitrogen and oxygen atoms in total. The van der Waals surface area contributed by atoms with Crippen molar-refractivity contribution in [2.45, 2.75) is 25.7 Å². The van der Waals surface area contributed by atoms with Gasteiger partial charge in [-0.2, -0.15) is 0 Å². The van der Waals surface area contributed by atoms with Crippen molar-refractivity contribution >= 4 is 23.6 Å². The van der Waals surface area contributed by atoms with Crippen molar-refractivity contribution in [2.24, 2.45) is 0 Å². The van der Waals surface area contributed by atoms with E-state index in [2.05, 4.69) is 4.72 Å². The maximum absolute atomic E-state index is 13.0. The van der Waals surface area contributed by atoms with Crippen LogP contribution in [0, 0.1) is 13.8 Å². The molecule has 0 heterocycles. The van der Waals surface area contributed by atoms with Crippen molar-refractivity contribution in [1.82, 2.24) is 4.72 Å². The molecule has 0 bridgehead atoms. The zero-order valence-corrected chi connectivity index (χ0v) is 15.7. The first-order valence-corrected chi connectivity index (χ1v) is 8.51. The van der Waals surface area contributed by atoms with Crippen LogP contribution in [0.2, 0.25) is 0 Å². The third-order valence-electron chi connectivity index (χ3n) is 3.90. The van der Waals surface area contributed by atoms with Crippen LogP contribution in [0.4, 0.5) is 0 Å². The van der Waals surface area contributed by atoms with Crippen LogP contribution in [-0.4, -0.2) is 25.9 Å². The van der Waals surface area contributed by atoms with Crippen molar-refractivity contribution < 1.29 is 19.1 Å². The Morgan fingerprint density at radius 2 is 1.64 bits per heavy atom. The second-order valence-corrected chi connectivity index (χ2v) is 6.37. The first kappa shape index (κ1) is 18.9. The summed E-state index contributed by atoms with van der Waals surface area (Å²) in [5.74, 6) is 0.934. The largest absolute Gasteiger partial charge is 0.497 e. The number of carbonyl (C=O) groups is 2. The number of carbonyl (C=O) groups excluding carboxylic acids is 2. The molecule has 0 saturated carbocycles. The second-order valence-electron chi connectivity index (χ2n) is 5.52. The van der Waals surface area contributed by atoms with E-state index in [4.69, 9.17) is 9.47 Å². The smallest absolute Gasteiger partial charge is 0.226 e. The molecule has 2 aromatic carbocycles. The summed E-state index contributed by atoms with van der Waals surface area (Å²) in [4.78, 5) is 25.0. The molecule has 0 spiro atoms. The SMILES string of the molecule is COc1ccc(C(=O)c2cc(SNC(C)=O)c(C)c(C)c2OC)cc1. The lowest BCUT2D eigenvalue weighted by atomic mass is 9.97. The Labute approximate surface area is 151 Å². The minimum absolute atomic E-state index is 0.146. The van der Waals surface area contributed by atoms with E-state index in [9.17, 15) is 9.59 Å². The fourth-order valence-corrected chi connectivity index (χ4v) is 3.16. The van der Waals surface area contributed by atoms with Gasteiger partial charge >= 0.3 is 0 Å². The number of nitrogens with one attached hydrogen (secondary N) is 1. The van der Waals surface area contributed by atoms with Crippen molar-refractivity contribution in [2.75, 3.05) is 14.2 Å². The van der Waals surface area contributed by atoms with E-state index in [1.54, 1.807) is 44.6 Å². The minimum atomic E-state index is -0.152. The van der Waals surface area contributed by atoms with Gasteiger partial charge in [-0.25, -0.2) is 0 Å². The fourth-order valence-electron chi connectivity index (χ4n) is 2.42. The number of methoxy groups -OCH3 is 2. The van der Waals surface area contributed by atoms with Gasteiger partial charge in [-0.3, -0.25) is 14.3 Å². The Balaban J connectivity index is 2.49. The summed E-state index contributed by atoms with van der Waals surface area (Å²) in [5.41, 5.74) is 2.83. The van der Waals surface area contributed by atoms with Crippen molar-refractivity contribution in [3.05, 3.63) is 52.6 Å². The van der Waals surface area contributed by atoms with Gasteiger partial charge in [0.1, 0.15) is 11.5 Å². The van der Waals surface area contributed by atoms with E-state index in [1.165, 1.54) is 18.9 Å². The van der Waals surface area contributed by atoms with Crippen LogP contribution in [0.15, 0.2) is 35.2 Å². The monoisotopic (exact) mass is 359 g/mol. The number of rotatable bonds is 6. The fraction of sp³-hybridized carbons (Fsp3) is 0.263. The zero-order valence-electron chi connectivity index (χ0n) is 14.9. The third-order valence-corrected chi connectivity index (χ3v) is 4.93. The molecule has 0 unspecified atom stereocenters. The molecule has 0 aliphatic heterocycles. The molecule has 2 rings (SSSR count). The maximum Gasteiger partial charge on any atom is 0.226 e. The highest BCUT2D eigenvalue weighted by atomic mass is 32.2. The molecule has 132 valence electrons. The zero-order chi connectivity index (χ0) is 18.6. The molecule has 2 aromatic rings. The maximum atomic E-state index is 13.0. The van der Waals surface area contributed by atoms with Crippen LogP contribution >= 0.6 is 11.9 Å². The van der Waals surface area contributed by atoms with Gasteiger partial charge in [0.05, 0.1) is 19.8 Å². The topological polar surface area (TPSA) is 64.6 Å². The van der Waals surface area contributed by atoms with Crippen LogP contribution in [0.3, 0.4) is 0 Å². The predicted molar refractivity (Wildman–Crippen MR) is 98.6 cm³/mol. The van der Waals surface area contributed by atoms with E-state index in [0.717, 1.165) is 16.0 Å². The molecule has 0 fully saturated rings. The molecular weight excluding hydrogens is 338 g/mol. The third kappa shape index (κ3) is 4.14. The highest BCUT2D eigenvalue weighted by molar-refractivity contribution is 7.98. The Bertz CT molecular complexity index is 800. The van der Waals surface area contributed by atoms with Crippen LogP contribution in [0.1, 0.15) is 34.0 Å². The van der Waals surface area contributed by atoms with Crippen molar-refractivity contribution in [3.63, 3.8) is 0 Å². The van der Waals surface area contributed by atoms with Gasteiger partial charge < -0.3 is 9.47 Å². The van der Waals surface area contributed by atoms with Crippen molar-refractivity contribution in [3.8, 4) is 11.5 Å². The average molecular weight is 359 g/mol. The lowest BCUT2D eigenvalue weighted by Gasteiger charge is -2.16. The predicted octanol–water partition coefficient (Wildman–Crippen LogP) is 3.69. The van der Waals surface area contributed by atoms with Gasteiger partial charge in [0.15, 0.2) is 5.78 Å². The Hall–Kier alpha value is -2.47. The van der Waals surface area contributed by atoms with E-state index >= 15 is 0 Å². The molecule has 25 heavy (non-hydrogen) atoms. The summed E-state index contributed by atoms with van der Waals surface area (Å²) in [6, 6.07) is 8.68. The second kappa shape index (κ2) is 8.07. The van der Waals surface area contributed by atoms with E-state index in [-0.39, 0.29) is 11.7 Å². The van der Waals surface area contributed by atoms with Gasteiger partial charge in [0.25, 0.3) is 0 Å². The van der Waals surface area contributed by atoms with Gasteiger partial charge in [0, 0.05) is 17.4 Å². The molecule has 0 radical (unpaired) electrons. The van der Waals surface area contributed by atoms with E-state index in [1.807, 2.05) is 13.8 Å². The summed E-state index contributed by atoms with van der Waals surface area (Å²) in [6.45, 7) is 5.28. The van der Waals surface area contributed by atoms with Crippen LogP contribution < -0.4 is 14.2 Å². The Kier molecular flexibility index (Phi) is 6.09. The lowest BCUT2D eigenvalue weighted by Crippen LogP contribution is -2.12.